The number of phenolic OH excluding ortho intramolecular Hbond substituents is 1. The van der Waals surface area contributed by atoms with E-state index in [4.69, 9.17) is 9.40 Å². The van der Waals surface area contributed by atoms with Gasteiger partial charge in [0.15, 0.2) is 0 Å². The van der Waals surface area contributed by atoms with Crippen LogP contribution in [0.4, 0.5) is 0 Å². The largest absolute Gasteiger partial charge is 0.507 e. The Balaban J connectivity index is 1.74. The Hall–Kier alpha value is -2.70. The summed E-state index contributed by atoms with van der Waals surface area (Å²) in [6.45, 7) is 7.82. The molecule has 1 unspecified atom stereocenters. The number of benzene rings is 2. The number of hydrogen-bond acceptors (Lipinski definition) is 6. The number of nitrogens with zero attached hydrogens (tertiary/aromatic N) is 2. The van der Waals surface area contributed by atoms with Gasteiger partial charge in [0, 0.05) is 19.0 Å². The molecule has 5 rings (SSSR count). The van der Waals surface area contributed by atoms with Gasteiger partial charge in [-0.2, -0.15) is 0 Å². The molecule has 6 heteroatoms. The summed E-state index contributed by atoms with van der Waals surface area (Å²) in [4.78, 5) is 21.0. The summed E-state index contributed by atoms with van der Waals surface area (Å²) in [5, 5.41) is 12.4. The number of aryl methyl sites for hydroxylation is 2. The van der Waals surface area contributed by atoms with Gasteiger partial charge in [0.2, 0.25) is 5.43 Å². The molecule has 172 valence electrons. The average Bonchev–Trinajstić information content (AvgIpc) is 3.25. The van der Waals surface area contributed by atoms with Gasteiger partial charge in [-0.15, -0.1) is 11.3 Å². The van der Waals surface area contributed by atoms with Crippen LogP contribution in [0, 0.1) is 0 Å². The lowest BCUT2D eigenvalue weighted by molar-refractivity contribution is 0.151. The van der Waals surface area contributed by atoms with Crippen LogP contribution in [0.2, 0.25) is 0 Å². The van der Waals surface area contributed by atoms with E-state index in [9.17, 15) is 9.90 Å². The third-order valence-corrected chi connectivity index (χ3v) is 7.97. The Morgan fingerprint density at radius 2 is 2.03 bits per heavy atom. The molecular formula is C27H30N2O3S. The van der Waals surface area contributed by atoms with Crippen molar-refractivity contribution >= 4 is 32.5 Å². The van der Waals surface area contributed by atoms with Crippen LogP contribution in [0.15, 0.2) is 39.5 Å². The van der Waals surface area contributed by atoms with Crippen molar-refractivity contribution in [3.05, 3.63) is 57.4 Å². The van der Waals surface area contributed by atoms with E-state index < -0.39 is 0 Å². The minimum absolute atomic E-state index is 0.0604. The molecule has 2 aromatic carbocycles. The van der Waals surface area contributed by atoms with Gasteiger partial charge in [-0.3, -0.25) is 9.69 Å². The second-order valence-corrected chi connectivity index (χ2v) is 10.0. The number of rotatable bonds is 5. The first-order valence-corrected chi connectivity index (χ1v) is 12.8. The molecule has 1 saturated heterocycles. The molecule has 1 aliphatic rings. The highest BCUT2D eigenvalue weighted by Gasteiger charge is 2.26. The Morgan fingerprint density at radius 3 is 2.76 bits per heavy atom. The summed E-state index contributed by atoms with van der Waals surface area (Å²) >= 11 is 1.52. The van der Waals surface area contributed by atoms with E-state index in [1.54, 1.807) is 0 Å². The van der Waals surface area contributed by atoms with Crippen molar-refractivity contribution in [1.29, 1.82) is 0 Å². The topological polar surface area (TPSA) is 66.6 Å². The SMILES string of the molecule is CCc1cc2c(=O)c(-c3nc4ccccc4s3)c(CC)oc2c(CN2CCCCC2C)c1O. The molecule has 1 atom stereocenters. The minimum Gasteiger partial charge on any atom is -0.507 e. The number of hydrogen-bond donors (Lipinski definition) is 1. The normalized spacial score (nSPS) is 17.2. The Bertz CT molecular complexity index is 1350. The minimum atomic E-state index is -0.0604. The fraction of sp³-hybridized carbons (Fsp3) is 0.407. The fourth-order valence-electron chi connectivity index (χ4n) is 4.95. The molecule has 2 aromatic heterocycles. The number of phenols is 1. The predicted molar refractivity (Wildman–Crippen MR) is 135 cm³/mol. The Kier molecular flexibility index (Phi) is 5.97. The molecular weight excluding hydrogens is 432 g/mol. The lowest BCUT2D eigenvalue weighted by Crippen LogP contribution is -2.36. The van der Waals surface area contributed by atoms with E-state index >= 15 is 0 Å². The van der Waals surface area contributed by atoms with Gasteiger partial charge >= 0.3 is 0 Å². The van der Waals surface area contributed by atoms with Gasteiger partial charge < -0.3 is 9.52 Å². The first-order chi connectivity index (χ1) is 16.0. The quantitative estimate of drug-likeness (QED) is 0.378. The highest BCUT2D eigenvalue weighted by Crippen LogP contribution is 2.37. The molecule has 1 fully saturated rings. The molecule has 0 saturated carbocycles. The summed E-state index contributed by atoms with van der Waals surface area (Å²) in [6.07, 6.45) is 4.77. The summed E-state index contributed by atoms with van der Waals surface area (Å²) in [6, 6.07) is 10.2. The molecule has 0 spiro atoms. The summed E-state index contributed by atoms with van der Waals surface area (Å²) in [5.41, 5.74) is 3.42. The number of piperidine rings is 1. The zero-order valence-electron chi connectivity index (χ0n) is 19.5. The molecule has 1 N–H and O–H groups in total. The maximum absolute atomic E-state index is 13.9. The number of aromatic nitrogens is 1. The van der Waals surface area contributed by atoms with Crippen molar-refractivity contribution in [3.8, 4) is 16.3 Å². The molecule has 1 aliphatic heterocycles. The summed E-state index contributed by atoms with van der Waals surface area (Å²) < 4.78 is 7.49. The van der Waals surface area contributed by atoms with Crippen molar-refractivity contribution in [1.82, 2.24) is 9.88 Å². The monoisotopic (exact) mass is 462 g/mol. The van der Waals surface area contributed by atoms with Crippen LogP contribution in [-0.4, -0.2) is 27.6 Å². The highest BCUT2D eigenvalue weighted by molar-refractivity contribution is 7.21. The van der Waals surface area contributed by atoms with Gasteiger partial charge in [-0.1, -0.05) is 32.4 Å². The zero-order valence-corrected chi connectivity index (χ0v) is 20.3. The molecule has 0 radical (unpaired) electrons. The molecule has 0 bridgehead atoms. The zero-order chi connectivity index (χ0) is 23.1. The van der Waals surface area contributed by atoms with Crippen LogP contribution < -0.4 is 5.43 Å². The van der Waals surface area contributed by atoms with Crippen LogP contribution in [0.5, 0.6) is 5.75 Å². The maximum Gasteiger partial charge on any atom is 0.203 e. The van der Waals surface area contributed by atoms with Gasteiger partial charge in [-0.05, 0) is 56.5 Å². The molecule has 5 nitrogen and oxygen atoms in total. The van der Waals surface area contributed by atoms with Crippen LogP contribution in [-0.2, 0) is 19.4 Å². The first-order valence-electron chi connectivity index (χ1n) is 11.9. The second kappa shape index (κ2) is 8.92. The lowest BCUT2D eigenvalue weighted by Gasteiger charge is -2.33. The number of thiazole rings is 1. The summed E-state index contributed by atoms with van der Waals surface area (Å²) in [5.74, 6) is 0.892. The van der Waals surface area contributed by atoms with Crippen molar-refractivity contribution in [2.24, 2.45) is 0 Å². The van der Waals surface area contributed by atoms with E-state index in [0.29, 0.717) is 52.7 Å². The van der Waals surface area contributed by atoms with Gasteiger partial charge in [0.1, 0.15) is 22.1 Å². The fourth-order valence-corrected chi connectivity index (χ4v) is 5.97. The average molecular weight is 463 g/mol. The third-order valence-electron chi connectivity index (χ3n) is 6.91. The van der Waals surface area contributed by atoms with E-state index in [0.717, 1.165) is 40.7 Å². The van der Waals surface area contributed by atoms with Crippen LogP contribution >= 0.6 is 11.3 Å². The van der Waals surface area contributed by atoms with E-state index in [1.165, 1.54) is 17.8 Å². The van der Waals surface area contributed by atoms with Crippen LogP contribution in [0.1, 0.15) is 56.9 Å². The van der Waals surface area contributed by atoms with Gasteiger partial charge in [0.05, 0.1) is 26.7 Å². The van der Waals surface area contributed by atoms with E-state index in [2.05, 4.69) is 11.8 Å². The predicted octanol–water partition coefficient (Wildman–Crippen LogP) is 6.27. The van der Waals surface area contributed by atoms with Gasteiger partial charge in [-0.25, -0.2) is 4.98 Å². The van der Waals surface area contributed by atoms with Crippen LogP contribution in [0.3, 0.4) is 0 Å². The Morgan fingerprint density at radius 1 is 1.21 bits per heavy atom. The molecule has 0 aliphatic carbocycles. The lowest BCUT2D eigenvalue weighted by atomic mass is 9.97. The number of likely N-dealkylation sites (tertiary alicyclic amines) is 1. The summed E-state index contributed by atoms with van der Waals surface area (Å²) in [7, 11) is 0. The van der Waals surface area contributed by atoms with E-state index in [1.807, 2.05) is 44.2 Å². The van der Waals surface area contributed by atoms with Gasteiger partial charge in [0.25, 0.3) is 0 Å². The van der Waals surface area contributed by atoms with Crippen molar-refractivity contribution in [2.45, 2.75) is 65.5 Å². The molecule has 4 aromatic rings. The van der Waals surface area contributed by atoms with Crippen LogP contribution in [0.25, 0.3) is 31.8 Å². The molecule has 0 amide bonds. The highest BCUT2D eigenvalue weighted by atomic mass is 32.1. The van der Waals surface area contributed by atoms with E-state index in [-0.39, 0.29) is 11.2 Å². The second-order valence-electron chi connectivity index (χ2n) is 8.98. The third kappa shape index (κ3) is 3.85. The number of fused-ring (bicyclic) bond motifs is 2. The van der Waals surface area contributed by atoms with Crippen molar-refractivity contribution in [3.63, 3.8) is 0 Å². The molecule has 33 heavy (non-hydrogen) atoms. The Labute approximate surface area is 197 Å². The van der Waals surface area contributed by atoms with Crippen molar-refractivity contribution in [2.75, 3.05) is 6.54 Å². The standard InChI is InChI=1S/C27H30N2O3S/c1-4-17-14-18-25(31)23(27-28-20-11-6-7-12-22(20)33-27)21(5-2)32-26(18)19(24(17)30)15-29-13-9-8-10-16(29)3/h6-7,11-12,14,16,30H,4-5,8-10,13,15H2,1-3H3. The maximum atomic E-state index is 13.9. The smallest absolute Gasteiger partial charge is 0.203 e. The first kappa shape index (κ1) is 22.1. The molecule has 3 heterocycles. The van der Waals surface area contributed by atoms with Crippen molar-refractivity contribution < 1.29 is 9.52 Å². The number of para-hydroxylation sites is 1. The number of aromatic hydroxyl groups is 1.